The number of ether oxygens (including phenoxy) is 1. The van der Waals surface area contributed by atoms with Crippen LogP contribution >= 0.6 is 0 Å². The number of piperidine rings is 1. The van der Waals surface area contributed by atoms with Crippen LogP contribution in [0.15, 0.2) is 48.9 Å². The number of methoxy groups -OCH3 is 1. The number of aryl methyl sites for hydroxylation is 1. The number of benzene rings is 1. The van der Waals surface area contributed by atoms with Crippen LogP contribution in [0.5, 0.6) is 5.75 Å². The third-order valence-electron chi connectivity index (χ3n) is 5.72. The van der Waals surface area contributed by atoms with Crippen molar-refractivity contribution in [3.05, 3.63) is 65.7 Å². The van der Waals surface area contributed by atoms with Gasteiger partial charge in [-0.05, 0) is 74.1 Å². The highest BCUT2D eigenvalue weighted by atomic mass is 16.5. The molecular formula is C23H25N3O2. The van der Waals surface area contributed by atoms with E-state index >= 15 is 0 Å². The van der Waals surface area contributed by atoms with Gasteiger partial charge >= 0.3 is 0 Å². The zero-order chi connectivity index (χ0) is 19.5. The Kier molecular flexibility index (Phi) is 5.35. The van der Waals surface area contributed by atoms with E-state index in [0.717, 1.165) is 48.3 Å². The lowest BCUT2D eigenvalue weighted by atomic mass is 9.91. The van der Waals surface area contributed by atoms with Crippen molar-refractivity contribution in [1.82, 2.24) is 14.9 Å². The Morgan fingerprint density at radius 2 is 2.04 bits per heavy atom. The van der Waals surface area contributed by atoms with E-state index in [9.17, 15) is 4.79 Å². The molecule has 0 aliphatic carbocycles. The van der Waals surface area contributed by atoms with E-state index in [1.807, 2.05) is 24.4 Å². The van der Waals surface area contributed by atoms with Gasteiger partial charge in [-0.3, -0.25) is 19.7 Å². The molecule has 1 saturated heterocycles. The van der Waals surface area contributed by atoms with Gasteiger partial charge in [0, 0.05) is 41.2 Å². The Bertz CT molecular complexity index is 980. The molecular weight excluding hydrogens is 350 g/mol. The molecule has 144 valence electrons. The van der Waals surface area contributed by atoms with Crippen molar-refractivity contribution in [2.75, 3.05) is 26.7 Å². The monoisotopic (exact) mass is 375 g/mol. The van der Waals surface area contributed by atoms with Gasteiger partial charge in [0.15, 0.2) is 5.78 Å². The molecule has 1 aliphatic heterocycles. The van der Waals surface area contributed by atoms with Crippen LogP contribution in [0.3, 0.4) is 0 Å². The lowest BCUT2D eigenvalue weighted by Gasteiger charge is -2.31. The second kappa shape index (κ2) is 8.07. The molecule has 1 aliphatic rings. The summed E-state index contributed by atoms with van der Waals surface area (Å²) in [6.45, 7) is 4.37. The van der Waals surface area contributed by atoms with Gasteiger partial charge in [-0.15, -0.1) is 0 Å². The van der Waals surface area contributed by atoms with E-state index in [2.05, 4.69) is 28.9 Å². The summed E-state index contributed by atoms with van der Waals surface area (Å²) < 4.78 is 5.46. The summed E-state index contributed by atoms with van der Waals surface area (Å²) in [6.07, 6.45) is 7.33. The molecule has 0 spiro atoms. The maximum Gasteiger partial charge on any atom is 0.178 e. The fraction of sp³-hybridized carbons (Fsp3) is 0.348. The molecule has 28 heavy (non-hydrogen) atoms. The average molecular weight is 375 g/mol. The van der Waals surface area contributed by atoms with Gasteiger partial charge in [-0.25, -0.2) is 0 Å². The highest BCUT2D eigenvalue weighted by molar-refractivity contribution is 5.97. The largest absolute Gasteiger partial charge is 0.496 e. The van der Waals surface area contributed by atoms with E-state index in [1.165, 1.54) is 5.39 Å². The average Bonchev–Trinajstić information content (AvgIpc) is 2.75. The number of nitrogens with zero attached hydrogens (tertiary/aromatic N) is 3. The van der Waals surface area contributed by atoms with Crippen LogP contribution in [0.1, 0.15) is 40.4 Å². The fourth-order valence-corrected chi connectivity index (χ4v) is 4.02. The topological polar surface area (TPSA) is 55.3 Å². The summed E-state index contributed by atoms with van der Waals surface area (Å²) in [7, 11) is 1.71. The minimum Gasteiger partial charge on any atom is -0.496 e. The number of fused-ring (bicyclic) bond motifs is 1. The Balaban J connectivity index is 1.43. The molecule has 0 atom stereocenters. The van der Waals surface area contributed by atoms with E-state index in [0.29, 0.717) is 18.0 Å². The van der Waals surface area contributed by atoms with Crippen molar-refractivity contribution in [2.45, 2.75) is 25.7 Å². The SMILES string of the molecule is COc1ccc2cnc(C3CCN(CC(=O)c4cccnc4)CC3)cc2c1C. The first-order valence-electron chi connectivity index (χ1n) is 9.74. The van der Waals surface area contributed by atoms with Crippen LogP contribution in [0, 0.1) is 6.92 Å². The number of rotatable bonds is 5. The Morgan fingerprint density at radius 3 is 2.75 bits per heavy atom. The maximum absolute atomic E-state index is 12.4. The molecule has 3 aromatic rings. The molecule has 1 aromatic carbocycles. The number of Topliss-reactive ketones (excluding diaryl/α,β-unsaturated/α-hetero) is 1. The number of hydrogen-bond donors (Lipinski definition) is 0. The van der Waals surface area contributed by atoms with Gasteiger partial charge in [-0.1, -0.05) is 0 Å². The highest BCUT2D eigenvalue weighted by Crippen LogP contribution is 2.32. The Morgan fingerprint density at radius 1 is 1.21 bits per heavy atom. The second-order valence-corrected chi connectivity index (χ2v) is 7.44. The van der Waals surface area contributed by atoms with Crippen LogP contribution < -0.4 is 4.74 Å². The van der Waals surface area contributed by atoms with Crippen molar-refractivity contribution in [3.8, 4) is 5.75 Å². The maximum atomic E-state index is 12.4. The molecule has 5 nitrogen and oxygen atoms in total. The molecule has 0 amide bonds. The van der Waals surface area contributed by atoms with E-state index in [4.69, 9.17) is 9.72 Å². The predicted octanol–water partition coefficient (Wildman–Crippen LogP) is 4.01. The molecule has 5 heteroatoms. The number of carbonyl (C=O) groups is 1. The first-order valence-corrected chi connectivity index (χ1v) is 9.74. The minimum absolute atomic E-state index is 0.137. The molecule has 0 radical (unpaired) electrons. The fourth-order valence-electron chi connectivity index (χ4n) is 4.02. The number of carbonyl (C=O) groups excluding carboxylic acids is 1. The van der Waals surface area contributed by atoms with Crippen LogP contribution in [0.2, 0.25) is 0 Å². The van der Waals surface area contributed by atoms with Crippen LogP contribution in [-0.2, 0) is 0 Å². The first kappa shape index (κ1) is 18.6. The molecule has 0 unspecified atom stereocenters. The molecule has 2 aromatic heterocycles. The second-order valence-electron chi connectivity index (χ2n) is 7.44. The van der Waals surface area contributed by atoms with Crippen molar-refractivity contribution in [3.63, 3.8) is 0 Å². The lowest BCUT2D eigenvalue weighted by molar-refractivity contribution is 0.0908. The standard InChI is InChI=1S/C23H25N3O2/c1-16-20-12-21(25-14-18(20)5-6-23(16)28-2)17-7-10-26(11-8-17)15-22(27)19-4-3-9-24-13-19/h3-6,9,12-14,17H,7-8,10-11,15H2,1-2H3. The molecule has 4 rings (SSSR count). The summed E-state index contributed by atoms with van der Waals surface area (Å²) >= 11 is 0. The number of pyridine rings is 2. The molecule has 3 heterocycles. The van der Waals surface area contributed by atoms with Gasteiger partial charge in [0.05, 0.1) is 13.7 Å². The van der Waals surface area contributed by atoms with E-state index in [1.54, 1.807) is 19.5 Å². The van der Waals surface area contributed by atoms with Gasteiger partial charge in [0.25, 0.3) is 0 Å². The Labute approximate surface area is 165 Å². The van der Waals surface area contributed by atoms with E-state index < -0.39 is 0 Å². The van der Waals surface area contributed by atoms with Gasteiger partial charge in [0.2, 0.25) is 0 Å². The Hall–Kier alpha value is -2.79. The normalized spacial score (nSPS) is 15.6. The summed E-state index contributed by atoms with van der Waals surface area (Å²) in [6, 6.07) is 9.91. The third kappa shape index (κ3) is 3.76. The van der Waals surface area contributed by atoms with Crippen LogP contribution in [0.4, 0.5) is 0 Å². The summed E-state index contributed by atoms with van der Waals surface area (Å²) in [5.74, 6) is 1.48. The predicted molar refractivity (Wildman–Crippen MR) is 110 cm³/mol. The quantitative estimate of drug-likeness (QED) is 0.631. The number of likely N-dealkylation sites (tertiary alicyclic amines) is 1. The molecule has 0 N–H and O–H groups in total. The van der Waals surface area contributed by atoms with Gasteiger partial charge < -0.3 is 4.74 Å². The zero-order valence-corrected chi connectivity index (χ0v) is 16.4. The minimum atomic E-state index is 0.137. The number of ketones is 1. The summed E-state index contributed by atoms with van der Waals surface area (Å²) in [4.78, 5) is 23.4. The summed E-state index contributed by atoms with van der Waals surface area (Å²) in [5, 5.41) is 2.35. The van der Waals surface area contributed by atoms with Crippen molar-refractivity contribution in [1.29, 1.82) is 0 Å². The van der Waals surface area contributed by atoms with Crippen molar-refractivity contribution < 1.29 is 9.53 Å². The van der Waals surface area contributed by atoms with Crippen molar-refractivity contribution in [2.24, 2.45) is 0 Å². The smallest absolute Gasteiger partial charge is 0.178 e. The zero-order valence-electron chi connectivity index (χ0n) is 16.4. The third-order valence-corrected chi connectivity index (χ3v) is 5.72. The molecule has 1 fully saturated rings. The van der Waals surface area contributed by atoms with E-state index in [-0.39, 0.29) is 5.78 Å². The van der Waals surface area contributed by atoms with Gasteiger partial charge in [-0.2, -0.15) is 0 Å². The van der Waals surface area contributed by atoms with Gasteiger partial charge in [0.1, 0.15) is 5.75 Å². The molecule has 0 bridgehead atoms. The molecule has 0 saturated carbocycles. The summed E-state index contributed by atoms with van der Waals surface area (Å²) in [5.41, 5.74) is 2.98. The first-order chi connectivity index (χ1) is 13.7. The number of hydrogen-bond acceptors (Lipinski definition) is 5. The lowest BCUT2D eigenvalue weighted by Crippen LogP contribution is -2.37. The van der Waals surface area contributed by atoms with Crippen molar-refractivity contribution >= 4 is 16.6 Å². The highest BCUT2D eigenvalue weighted by Gasteiger charge is 2.23. The van der Waals surface area contributed by atoms with Crippen LogP contribution in [-0.4, -0.2) is 47.4 Å². The number of aromatic nitrogens is 2. The van der Waals surface area contributed by atoms with Crippen LogP contribution in [0.25, 0.3) is 10.8 Å².